The lowest BCUT2D eigenvalue weighted by atomic mass is 10.0. The zero-order valence-corrected chi connectivity index (χ0v) is 11.8. The number of aliphatic hydroxyl groups excluding tert-OH is 1. The normalized spacial score (nSPS) is 20.7. The summed E-state index contributed by atoms with van der Waals surface area (Å²) in [5.41, 5.74) is 4.69. The number of piperidine rings is 1. The fourth-order valence-electron chi connectivity index (χ4n) is 3.43. The van der Waals surface area contributed by atoms with Gasteiger partial charge in [-0.15, -0.1) is 0 Å². The van der Waals surface area contributed by atoms with Crippen LogP contribution < -0.4 is 0 Å². The third kappa shape index (κ3) is 3.37. The number of hydrogen-bond acceptors (Lipinski definition) is 2. The standard InChI is InChI=1S/C17H25NO/c19-17-8-11-18(12-9-17)10-2-3-14-6-7-15-4-1-5-16(15)13-14/h6-7,13,17,19H,1-5,8-12H2. The highest BCUT2D eigenvalue weighted by Gasteiger charge is 2.16. The van der Waals surface area contributed by atoms with Crippen molar-refractivity contribution in [2.75, 3.05) is 19.6 Å². The van der Waals surface area contributed by atoms with E-state index in [1.807, 2.05) is 0 Å². The Bertz CT molecular complexity index is 421. The van der Waals surface area contributed by atoms with Crippen LogP contribution in [0.15, 0.2) is 18.2 Å². The summed E-state index contributed by atoms with van der Waals surface area (Å²) in [6.07, 6.45) is 8.22. The molecule has 1 N–H and O–H groups in total. The van der Waals surface area contributed by atoms with Crippen molar-refractivity contribution in [1.29, 1.82) is 0 Å². The van der Waals surface area contributed by atoms with Gasteiger partial charge >= 0.3 is 0 Å². The topological polar surface area (TPSA) is 23.5 Å². The van der Waals surface area contributed by atoms with Gasteiger partial charge in [0.2, 0.25) is 0 Å². The molecular formula is C17H25NO. The lowest BCUT2D eigenvalue weighted by Gasteiger charge is -2.29. The Morgan fingerprint density at radius 3 is 2.74 bits per heavy atom. The van der Waals surface area contributed by atoms with Gasteiger partial charge < -0.3 is 10.0 Å². The van der Waals surface area contributed by atoms with E-state index in [1.54, 1.807) is 11.1 Å². The molecule has 0 atom stereocenters. The molecule has 1 aromatic rings. The number of hydrogen-bond donors (Lipinski definition) is 1. The van der Waals surface area contributed by atoms with Crippen LogP contribution in [-0.2, 0) is 19.3 Å². The van der Waals surface area contributed by atoms with Crippen molar-refractivity contribution in [3.05, 3.63) is 34.9 Å². The van der Waals surface area contributed by atoms with Crippen LogP contribution in [0.4, 0.5) is 0 Å². The highest BCUT2D eigenvalue weighted by atomic mass is 16.3. The SMILES string of the molecule is OC1CCN(CCCc2ccc3c(c2)CCC3)CC1. The van der Waals surface area contributed by atoms with E-state index in [0.717, 1.165) is 25.9 Å². The van der Waals surface area contributed by atoms with E-state index in [2.05, 4.69) is 23.1 Å². The van der Waals surface area contributed by atoms with Crippen molar-refractivity contribution in [1.82, 2.24) is 4.90 Å². The number of fused-ring (bicyclic) bond motifs is 1. The summed E-state index contributed by atoms with van der Waals surface area (Å²) in [5.74, 6) is 0. The second-order valence-electron chi connectivity index (χ2n) is 6.13. The van der Waals surface area contributed by atoms with E-state index in [0.29, 0.717) is 0 Å². The Morgan fingerprint density at radius 2 is 1.89 bits per heavy atom. The average molecular weight is 259 g/mol. The summed E-state index contributed by atoms with van der Waals surface area (Å²) >= 11 is 0. The van der Waals surface area contributed by atoms with Crippen molar-refractivity contribution in [2.24, 2.45) is 0 Å². The molecule has 3 rings (SSSR count). The molecule has 0 unspecified atom stereocenters. The van der Waals surface area contributed by atoms with Crippen molar-refractivity contribution < 1.29 is 5.11 Å². The van der Waals surface area contributed by atoms with Gasteiger partial charge in [-0.05, 0) is 68.2 Å². The number of nitrogens with zero attached hydrogens (tertiary/aromatic N) is 1. The minimum absolute atomic E-state index is 0.0482. The molecule has 0 aromatic heterocycles. The Hall–Kier alpha value is -0.860. The van der Waals surface area contributed by atoms with Gasteiger partial charge in [-0.25, -0.2) is 0 Å². The number of rotatable bonds is 4. The molecule has 1 heterocycles. The summed E-state index contributed by atoms with van der Waals surface area (Å²) < 4.78 is 0. The molecule has 2 aliphatic rings. The van der Waals surface area contributed by atoms with Gasteiger partial charge in [0.25, 0.3) is 0 Å². The van der Waals surface area contributed by atoms with E-state index >= 15 is 0 Å². The van der Waals surface area contributed by atoms with Crippen molar-refractivity contribution >= 4 is 0 Å². The van der Waals surface area contributed by atoms with E-state index in [1.165, 1.54) is 44.2 Å². The summed E-state index contributed by atoms with van der Waals surface area (Å²) in [6, 6.07) is 7.10. The van der Waals surface area contributed by atoms with Crippen LogP contribution in [0.5, 0.6) is 0 Å². The quantitative estimate of drug-likeness (QED) is 0.898. The fraction of sp³-hybridized carbons (Fsp3) is 0.647. The minimum atomic E-state index is -0.0482. The maximum Gasteiger partial charge on any atom is 0.0564 e. The summed E-state index contributed by atoms with van der Waals surface area (Å²) in [7, 11) is 0. The maximum atomic E-state index is 9.49. The van der Waals surface area contributed by atoms with Gasteiger partial charge in [0.05, 0.1) is 6.10 Å². The lowest BCUT2D eigenvalue weighted by Crippen LogP contribution is -2.36. The zero-order chi connectivity index (χ0) is 13.1. The highest BCUT2D eigenvalue weighted by molar-refractivity contribution is 5.35. The molecule has 1 aromatic carbocycles. The highest BCUT2D eigenvalue weighted by Crippen LogP contribution is 2.23. The summed E-state index contributed by atoms with van der Waals surface area (Å²) in [4.78, 5) is 2.50. The second-order valence-corrected chi connectivity index (χ2v) is 6.13. The van der Waals surface area contributed by atoms with Crippen LogP contribution in [0.1, 0.15) is 42.4 Å². The van der Waals surface area contributed by atoms with Crippen molar-refractivity contribution in [3.8, 4) is 0 Å². The van der Waals surface area contributed by atoms with Crippen molar-refractivity contribution in [2.45, 2.75) is 51.0 Å². The zero-order valence-electron chi connectivity index (χ0n) is 11.8. The van der Waals surface area contributed by atoms with Gasteiger partial charge in [-0.2, -0.15) is 0 Å². The van der Waals surface area contributed by atoms with E-state index in [9.17, 15) is 5.11 Å². The third-order valence-electron chi connectivity index (χ3n) is 4.66. The molecule has 1 aliphatic heterocycles. The largest absolute Gasteiger partial charge is 0.393 e. The smallest absolute Gasteiger partial charge is 0.0564 e. The second kappa shape index (κ2) is 6.06. The van der Waals surface area contributed by atoms with E-state index in [-0.39, 0.29) is 6.10 Å². The van der Waals surface area contributed by atoms with Gasteiger partial charge in [-0.3, -0.25) is 0 Å². The van der Waals surface area contributed by atoms with Crippen LogP contribution in [0, 0.1) is 0 Å². The molecule has 0 spiro atoms. The van der Waals surface area contributed by atoms with Crippen LogP contribution in [-0.4, -0.2) is 35.7 Å². The molecule has 1 saturated heterocycles. The maximum absolute atomic E-state index is 9.49. The first-order valence-corrected chi connectivity index (χ1v) is 7.82. The van der Waals surface area contributed by atoms with E-state index in [4.69, 9.17) is 0 Å². The Labute approximate surface area is 116 Å². The average Bonchev–Trinajstić information content (AvgIpc) is 2.88. The van der Waals surface area contributed by atoms with Crippen molar-refractivity contribution in [3.63, 3.8) is 0 Å². The summed E-state index contributed by atoms with van der Waals surface area (Å²) in [6.45, 7) is 3.33. The minimum Gasteiger partial charge on any atom is -0.393 e. The van der Waals surface area contributed by atoms with Crippen LogP contribution in [0.25, 0.3) is 0 Å². The van der Waals surface area contributed by atoms with Gasteiger partial charge in [0.15, 0.2) is 0 Å². The molecule has 0 saturated carbocycles. The molecular weight excluding hydrogens is 234 g/mol. The molecule has 0 amide bonds. The fourth-order valence-corrected chi connectivity index (χ4v) is 3.43. The lowest BCUT2D eigenvalue weighted by molar-refractivity contribution is 0.0821. The first kappa shape index (κ1) is 13.1. The van der Waals surface area contributed by atoms with Gasteiger partial charge in [0, 0.05) is 13.1 Å². The molecule has 2 nitrogen and oxygen atoms in total. The van der Waals surface area contributed by atoms with Gasteiger partial charge in [-0.1, -0.05) is 18.2 Å². The number of aliphatic hydroxyl groups is 1. The molecule has 2 heteroatoms. The molecule has 1 aliphatic carbocycles. The third-order valence-corrected chi connectivity index (χ3v) is 4.66. The Balaban J connectivity index is 1.45. The Kier molecular flexibility index (Phi) is 4.19. The first-order chi connectivity index (χ1) is 9.31. The van der Waals surface area contributed by atoms with Gasteiger partial charge in [0.1, 0.15) is 0 Å². The molecule has 1 fully saturated rings. The van der Waals surface area contributed by atoms with E-state index < -0.39 is 0 Å². The molecule has 0 radical (unpaired) electrons. The molecule has 0 bridgehead atoms. The van der Waals surface area contributed by atoms with Crippen LogP contribution in [0.3, 0.4) is 0 Å². The first-order valence-electron chi connectivity index (χ1n) is 7.82. The Morgan fingerprint density at radius 1 is 1.11 bits per heavy atom. The predicted molar refractivity (Wildman–Crippen MR) is 78.5 cm³/mol. The molecule has 104 valence electrons. The summed E-state index contributed by atoms with van der Waals surface area (Å²) in [5, 5.41) is 9.49. The molecule has 19 heavy (non-hydrogen) atoms. The van der Waals surface area contributed by atoms with Crippen LogP contribution in [0.2, 0.25) is 0 Å². The van der Waals surface area contributed by atoms with Crippen LogP contribution >= 0.6 is 0 Å². The number of likely N-dealkylation sites (tertiary alicyclic amines) is 1. The predicted octanol–water partition coefficient (Wildman–Crippen LogP) is 2.56. The monoisotopic (exact) mass is 259 g/mol. The number of aryl methyl sites for hydroxylation is 3. The number of benzene rings is 1.